The van der Waals surface area contributed by atoms with E-state index in [2.05, 4.69) is 19.2 Å². The van der Waals surface area contributed by atoms with Crippen molar-refractivity contribution in [3.05, 3.63) is 53.6 Å². The number of para-hydroxylation sites is 2. The molecule has 0 spiro atoms. The molecular formula is C19H22N2O3. The number of amides is 1. The highest BCUT2D eigenvalue weighted by Gasteiger charge is 2.34. The van der Waals surface area contributed by atoms with Gasteiger partial charge in [0.2, 0.25) is 0 Å². The van der Waals surface area contributed by atoms with Crippen molar-refractivity contribution < 1.29 is 14.6 Å². The number of nitrogens with one attached hydrogen (secondary N) is 1. The average molecular weight is 326 g/mol. The molecule has 0 aromatic heterocycles. The van der Waals surface area contributed by atoms with Crippen LogP contribution in [0.3, 0.4) is 0 Å². The molecule has 5 nitrogen and oxygen atoms in total. The topological polar surface area (TPSA) is 61.8 Å². The first-order valence-corrected chi connectivity index (χ1v) is 8.05. The van der Waals surface area contributed by atoms with Crippen LogP contribution in [0, 0.1) is 5.92 Å². The summed E-state index contributed by atoms with van der Waals surface area (Å²) in [5.41, 5.74) is 2.05. The van der Waals surface area contributed by atoms with Crippen molar-refractivity contribution >= 4 is 11.6 Å². The molecule has 0 unspecified atom stereocenters. The summed E-state index contributed by atoms with van der Waals surface area (Å²) in [5.74, 6) is 0.713. The first kappa shape index (κ1) is 16.2. The Balaban J connectivity index is 2.09. The third-order valence-electron chi connectivity index (χ3n) is 4.13. The van der Waals surface area contributed by atoms with Crippen LogP contribution in [0.15, 0.2) is 42.5 Å². The number of fused-ring (bicyclic) bond motifs is 1. The highest BCUT2D eigenvalue weighted by Crippen LogP contribution is 2.40. The zero-order valence-electron chi connectivity index (χ0n) is 14.1. The van der Waals surface area contributed by atoms with Gasteiger partial charge in [0.05, 0.1) is 12.7 Å². The Hall–Kier alpha value is -2.69. The Labute approximate surface area is 141 Å². The van der Waals surface area contributed by atoms with Gasteiger partial charge in [-0.15, -0.1) is 0 Å². The zero-order chi connectivity index (χ0) is 17.3. The van der Waals surface area contributed by atoms with Gasteiger partial charge in [-0.1, -0.05) is 38.1 Å². The third kappa shape index (κ3) is 2.77. The first-order chi connectivity index (χ1) is 11.5. The van der Waals surface area contributed by atoms with Crippen LogP contribution >= 0.6 is 0 Å². The number of carbonyl (C=O) groups is 1. The number of carbonyl (C=O) groups excluding carboxylic acids is 1. The molecule has 1 aliphatic rings. The van der Waals surface area contributed by atoms with Crippen LogP contribution < -0.4 is 10.1 Å². The molecule has 0 fully saturated rings. The van der Waals surface area contributed by atoms with Gasteiger partial charge < -0.3 is 20.1 Å². The molecule has 5 heteroatoms. The standard InChI is InChI=1S/C19H22N2O3/c1-12(2)11-21-18(14-8-6-10-16(24-3)17(14)22)20-15-9-5-4-7-13(15)19(21)23/h4-10,12,18,20,22H,11H2,1-3H3/t18-/m0/s1. The van der Waals surface area contributed by atoms with Crippen LogP contribution in [-0.4, -0.2) is 29.6 Å². The molecule has 3 rings (SSSR count). The quantitative estimate of drug-likeness (QED) is 0.901. The maximum atomic E-state index is 13.0. The summed E-state index contributed by atoms with van der Waals surface area (Å²) in [4.78, 5) is 14.7. The Kier molecular flexibility index (Phi) is 4.34. The lowest BCUT2D eigenvalue weighted by molar-refractivity contribution is 0.0655. The number of hydrogen-bond acceptors (Lipinski definition) is 4. The molecule has 126 valence electrons. The van der Waals surface area contributed by atoms with Gasteiger partial charge in [-0.25, -0.2) is 0 Å². The summed E-state index contributed by atoms with van der Waals surface area (Å²) in [6.07, 6.45) is -0.440. The molecule has 0 saturated heterocycles. The van der Waals surface area contributed by atoms with E-state index in [-0.39, 0.29) is 11.7 Å². The van der Waals surface area contributed by atoms with Crippen molar-refractivity contribution in [2.45, 2.75) is 20.0 Å². The lowest BCUT2D eigenvalue weighted by atomic mass is 10.0. The van der Waals surface area contributed by atoms with Gasteiger partial charge in [-0.05, 0) is 24.1 Å². The first-order valence-electron chi connectivity index (χ1n) is 8.05. The highest BCUT2D eigenvalue weighted by atomic mass is 16.5. The van der Waals surface area contributed by atoms with Crippen LogP contribution in [0.5, 0.6) is 11.5 Å². The summed E-state index contributed by atoms with van der Waals surface area (Å²) < 4.78 is 5.21. The number of nitrogens with zero attached hydrogens (tertiary/aromatic N) is 1. The van der Waals surface area contributed by atoms with E-state index in [4.69, 9.17) is 4.74 Å². The number of hydrogen-bond donors (Lipinski definition) is 2. The molecule has 2 aromatic rings. The number of aromatic hydroxyl groups is 1. The van der Waals surface area contributed by atoms with Crippen molar-refractivity contribution in [3.8, 4) is 11.5 Å². The minimum atomic E-state index is -0.440. The van der Waals surface area contributed by atoms with Gasteiger partial charge in [0.1, 0.15) is 6.17 Å². The fraction of sp³-hybridized carbons (Fsp3) is 0.316. The second-order valence-electron chi connectivity index (χ2n) is 6.34. The normalized spacial score (nSPS) is 16.8. The molecule has 1 atom stereocenters. The van der Waals surface area contributed by atoms with Gasteiger partial charge in [0.15, 0.2) is 11.5 Å². The number of rotatable bonds is 4. The summed E-state index contributed by atoms with van der Waals surface area (Å²) >= 11 is 0. The van der Waals surface area contributed by atoms with E-state index < -0.39 is 6.17 Å². The van der Waals surface area contributed by atoms with Gasteiger partial charge in [0, 0.05) is 17.8 Å². The summed E-state index contributed by atoms with van der Waals surface area (Å²) in [5, 5.41) is 13.9. The van der Waals surface area contributed by atoms with Gasteiger partial charge in [0.25, 0.3) is 5.91 Å². The molecule has 1 amide bonds. The predicted octanol–water partition coefficient (Wildman–Crippen LogP) is 3.62. The number of anilines is 1. The maximum absolute atomic E-state index is 13.0. The summed E-state index contributed by atoms with van der Waals surface area (Å²) in [6, 6.07) is 12.8. The molecule has 1 aliphatic heterocycles. The van der Waals surface area contributed by atoms with Crippen LogP contribution in [0.4, 0.5) is 5.69 Å². The smallest absolute Gasteiger partial charge is 0.257 e. The molecule has 0 aliphatic carbocycles. The predicted molar refractivity (Wildman–Crippen MR) is 93.3 cm³/mol. The molecule has 2 aromatic carbocycles. The van der Waals surface area contributed by atoms with Crippen LogP contribution in [-0.2, 0) is 0 Å². The van der Waals surface area contributed by atoms with Gasteiger partial charge in [-0.2, -0.15) is 0 Å². The number of benzene rings is 2. The second kappa shape index (κ2) is 6.43. The molecule has 2 N–H and O–H groups in total. The van der Waals surface area contributed by atoms with Gasteiger partial charge in [-0.3, -0.25) is 4.79 Å². The highest BCUT2D eigenvalue weighted by molar-refractivity contribution is 6.01. The Morgan fingerprint density at radius 3 is 2.67 bits per heavy atom. The monoisotopic (exact) mass is 326 g/mol. The Morgan fingerprint density at radius 2 is 1.96 bits per heavy atom. The molecule has 24 heavy (non-hydrogen) atoms. The largest absolute Gasteiger partial charge is 0.504 e. The van der Waals surface area contributed by atoms with E-state index >= 15 is 0 Å². The third-order valence-corrected chi connectivity index (χ3v) is 4.13. The molecule has 0 radical (unpaired) electrons. The average Bonchev–Trinajstić information content (AvgIpc) is 2.57. The SMILES string of the molecule is COc1cccc([C@H]2Nc3ccccc3C(=O)N2CC(C)C)c1O. The Bertz CT molecular complexity index is 758. The van der Waals surface area contributed by atoms with Crippen molar-refractivity contribution in [2.24, 2.45) is 5.92 Å². The van der Waals surface area contributed by atoms with Crippen molar-refractivity contribution in [1.29, 1.82) is 0 Å². The van der Waals surface area contributed by atoms with Crippen LogP contribution in [0.25, 0.3) is 0 Å². The fourth-order valence-corrected chi connectivity index (χ4v) is 3.04. The minimum absolute atomic E-state index is 0.0368. The van der Waals surface area contributed by atoms with Crippen molar-refractivity contribution in [2.75, 3.05) is 19.0 Å². The van der Waals surface area contributed by atoms with Crippen molar-refractivity contribution in [3.63, 3.8) is 0 Å². The molecule has 0 saturated carbocycles. The maximum Gasteiger partial charge on any atom is 0.257 e. The van der Waals surface area contributed by atoms with E-state index in [1.807, 2.05) is 36.4 Å². The number of phenols is 1. The number of methoxy groups -OCH3 is 1. The van der Waals surface area contributed by atoms with Crippen LogP contribution in [0.2, 0.25) is 0 Å². The summed E-state index contributed by atoms with van der Waals surface area (Å²) in [6.45, 7) is 4.72. The van der Waals surface area contributed by atoms with E-state index in [1.165, 1.54) is 7.11 Å². The van der Waals surface area contributed by atoms with Crippen molar-refractivity contribution in [1.82, 2.24) is 4.90 Å². The number of ether oxygens (including phenoxy) is 1. The fourth-order valence-electron chi connectivity index (χ4n) is 3.04. The van der Waals surface area contributed by atoms with E-state index in [1.54, 1.807) is 11.0 Å². The molecular weight excluding hydrogens is 304 g/mol. The lowest BCUT2D eigenvalue weighted by Crippen LogP contribution is -2.44. The van der Waals surface area contributed by atoms with Crippen LogP contribution in [0.1, 0.15) is 35.9 Å². The zero-order valence-corrected chi connectivity index (χ0v) is 14.1. The Morgan fingerprint density at radius 1 is 1.21 bits per heavy atom. The minimum Gasteiger partial charge on any atom is -0.504 e. The second-order valence-corrected chi connectivity index (χ2v) is 6.34. The lowest BCUT2D eigenvalue weighted by Gasteiger charge is -2.39. The molecule has 1 heterocycles. The van der Waals surface area contributed by atoms with E-state index in [0.29, 0.717) is 29.3 Å². The van der Waals surface area contributed by atoms with E-state index in [0.717, 1.165) is 5.69 Å². The summed E-state index contributed by atoms with van der Waals surface area (Å²) in [7, 11) is 1.51. The van der Waals surface area contributed by atoms with Gasteiger partial charge >= 0.3 is 0 Å². The number of phenolic OH excluding ortho intramolecular Hbond substituents is 1. The van der Waals surface area contributed by atoms with E-state index in [9.17, 15) is 9.90 Å². The molecule has 0 bridgehead atoms.